The summed E-state index contributed by atoms with van der Waals surface area (Å²) in [4.78, 5) is 22.9. The molecular weight excluding hydrogens is 420 g/mol. The molecule has 0 fully saturated rings. The highest BCUT2D eigenvalue weighted by Gasteiger charge is 2.17. The lowest BCUT2D eigenvalue weighted by molar-refractivity contribution is 0.0961. The molecule has 0 atom stereocenters. The fourth-order valence-electron chi connectivity index (χ4n) is 2.78. The van der Waals surface area contributed by atoms with Gasteiger partial charge in [0, 0.05) is 16.7 Å². The zero-order valence-corrected chi connectivity index (χ0v) is 17.2. The van der Waals surface area contributed by atoms with Crippen LogP contribution in [0.5, 0.6) is 0 Å². The summed E-state index contributed by atoms with van der Waals surface area (Å²) in [6, 6.07) is 15.2. The van der Waals surface area contributed by atoms with E-state index in [9.17, 15) is 4.79 Å². The van der Waals surface area contributed by atoms with E-state index >= 15 is 0 Å². The lowest BCUT2D eigenvalue weighted by Gasteiger charge is -2.24. The maximum Gasteiger partial charge on any atom is 0.270 e. The Morgan fingerprint density at radius 1 is 1.18 bits per heavy atom. The quantitative estimate of drug-likeness (QED) is 0.500. The molecule has 1 aromatic heterocycles. The first-order chi connectivity index (χ1) is 13.5. The highest BCUT2D eigenvalue weighted by molar-refractivity contribution is 9.10. The number of nitrogens with two attached hydrogens (primary N) is 1. The Hall–Kier alpha value is -3.13. The molecule has 28 heavy (non-hydrogen) atoms. The number of nitrogen functional groups attached to an aromatic ring is 1. The molecule has 144 valence electrons. The van der Waals surface area contributed by atoms with Gasteiger partial charge in [0.15, 0.2) is 11.6 Å². The second kappa shape index (κ2) is 8.71. The van der Waals surface area contributed by atoms with Crippen LogP contribution >= 0.6 is 15.9 Å². The third-order valence-electron chi connectivity index (χ3n) is 4.16. The lowest BCUT2D eigenvalue weighted by atomic mass is 10.2. The molecule has 0 aliphatic heterocycles. The smallest absolute Gasteiger partial charge is 0.270 e. The van der Waals surface area contributed by atoms with Gasteiger partial charge in [0.1, 0.15) is 12.0 Å². The number of nitrogens with one attached hydrogen (secondary N) is 2. The summed E-state index contributed by atoms with van der Waals surface area (Å²) in [6.07, 6.45) is 1.41. The third kappa shape index (κ3) is 4.23. The van der Waals surface area contributed by atoms with Crippen LogP contribution in [0.1, 0.15) is 22.8 Å². The van der Waals surface area contributed by atoms with Crippen molar-refractivity contribution in [1.29, 1.82) is 0 Å². The zero-order valence-electron chi connectivity index (χ0n) is 15.6. The van der Waals surface area contributed by atoms with Crippen molar-refractivity contribution in [3.63, 3.8) is 0 Å². The van der Waals surface area contributed by atoms with Crippen molar-refractivity contribution in [3.8, 4) is 0 Å². The number of carbonyl (C=O) groups excluding carboxylic acids is 1. The second-order valence-corrected chi connectivity index (χ2v) is 6.96. The number of benzene rings is 2. The molecule has 4 N–H and O–H groups in total. The van der Waals surface area contributed by atoms with Crippen LogP contribution < -0.4 is 21.5 Å². The Morgan fingerprint density at radius 3 is 2.68 bits per heavy atom. The average Bonchev–Trinajstić information content (AvgIpc) is 2.69. The third-order valence-corrected chi connectivity index (χ3v) is 4.85. The van der Waals surface area contributed by atoms with E-state index in [-0.39, 0.29) is 5.91 Å². The fourth-order valence-corrected chi connectivity index (χ4v) is 3.24. The van der Waals surface area contributed by atoms with E-state index in [4.69, 9.17) is 5.73 Å². The van der Waals surface area contributed by atoms with E-state index in [2.05, 4.69) is 42.8 Å². The number of hydrogen-bond acceptors (Lipinski definition) is 6. The van der Waals surface area contributed by atoms with Gasteiger partial charge in [-0.25, -0.2) is 9.97 Å². The largest absolute Gasteiger partial charge is 0.393 e. The normalized spacial score (nSPS) is 10.4. The predicted molar refractivity (Wildman–Crippen MR) is 116 cm³/mol. The van der Waals surface area contributed by atoms with Crippen LogP contribution in [0.2, 0.25) is 0 Å². The number of carbonyl (C=O) groups is 1. The molecule has 0 bridgehead atoms. The highest BCUT2D eigenvalue weighted by atomic mass is 79.9. The molecular formula is C20H21BrN6O. The van der Waals surface area contributed by atoms with Gasteiger partial charge in [0.2, 0.25) is 0 Å². The van der Waals surface area contributed by atoms with Gasteiger partial charge in [-0.05, 0) is 59.6 Å². The Kier molecular flexibility index (Phi) is 6.10. The van der Waals surface area contributed by atoms with E-state index in [0.717, 1.165) is 11.3 Å². The van der Waals surface area contributed by atoms with Crippen molar-refractivity contribution in [2.45, 2.75) is 13.8 Å². The number of anilines is 4. The van der Waals surface area contributed by atoms with Crippen LogP contribution in [-0.2, 0) is 0 Å². The van der Waals surface area contributed by atoms with Gasteiger partial charge < -0.3 is 10.6 Å². The number of aryl methyl sites for hydroxylation is 1. The maximum atomic E-state index is 12.4. The van der Waals surface area contributed by atoms with Gasteiger partial charge in [-0.3, -0.25) is 15.6 Å². The van der Waals surface area contributed by atoms with E-state index in [1.807, 2.05) is 43.0 Å². The first-order valence-corrected chi connectivity index (χ1v) is 9.56. The number of halogens is 1. The molecule has 0 unspecified atom stereocenters. The van der Waals surface area contributed by atoms with Crippen LogP contribution in [0.3, 0.4) is 0 Å². The van der Waals surface area contributed by atoms with Crippen molar-refractivity contribution < 1.29 is 4.79 Å². The molecule has 1 amide bonds. The van der Waals surface area contributed by atoms with E-state index in [1.165, 1.54) is 6.33 Å². The highest BCUT2D eigenvalue weighted by Crippen LogP contribution is 2.31. The number of amides is 1. The van der Waals surface area contributed by atoms with Crippen LogP contribution in [0, 0.1) is 6.92 Å². The minimum atomic E-state index is -0.307. The molecule has 0 aliphatic carbocycles. The molecule has 0 aliphatic rings. The SMILES string of the molecule is CCN(c1cccc(C)c1)c1ncnc(NNC(=O)c2ccccc2Br)c1N. The molecule has 0 radical (unpaired) electrons. The fraction of sp³-hybridized carbons (Fsp3) is 0.150. The maximum absolute atomic E-state index is 12.4. The predicted octanol–water partition coefficient (Wildman–Crippen LogP) is 4.04. The molecule has 1 heterocycles. The summed E-state index contributed by atoms with van der Waals surface area (Å²) in [7, 11) is 0. The van der Waals surface area contributed by atoms with Crippen molar-refractivity contribution in [1.82, 2.24) is 15.4 Å². The Balaban J connectivity index is 1.82. The number of aromatic nitrogens is 2. The summed E-state index contributed by atoms with van der Waals surface area (Å²) >= 11 is 3.36. The van der Waals surface area contributed by atoms with Gasteiger partial charge in [0.25, 0.3) is 5.91 Å². The van der Waals surface area contributed by atoms with Crippen LogP contribution in [-0.4, -0.2) is 22.4 Å². The molecule has 3 rings (SSSR count). The molecule has 0 spiro atoms. The van der Waals surface area contributed by atoms with Crippen molar-refractivity contribution in [2.24, 2.45) is 0 Å². The van der Waals surface area contributed by atoms with Gasteiger partial charge in [-0.2, -0.15) is 0 Å². The zero-order chi connectivity index (χ0) is 20.1. The monoisotopic (exact) mass is 440 g/mol. The van der Waals surface area contributed by atoms with Gasteiger partial charge in [-0.15, -0.1) is 0 Å². The summed E-state index contributed by atoms with van der Waals surface area (Å²) < 4.78 is 0.697. The second-order valence-electron chi connectivity index (χ2n) is 6.10. The molecule has 2 aromatic carbocycles. The molecule has 7 nitrogen and oxygen atoms in total. The van der Waals surface area contributed by atoms with E-state index < -0.39 is 0 Å². The van der Waals surface area contributed by atoms with Gasteiger partial charge in [0.05, 0.1) is 5.56 Å². The van der Waals surface area contributed by atoms with Crippen molar-refractivity contribution in [3.05, 3.63) is 70.5 Å². The summed E-state index contributed by atoms with van der Waals surface area (Å²) in [5, 5.41) is 0. The summed E-state index contributed by atoms with van der Waals surface area (Å²) in [6.45, 7) is 4.73. The number of hydrazine groups is 1. The van der Waals surface area contributed by atoms with Gasteiger partial charge >= 0.3 is 0 Å². The van der Waals surface area contributed by atoms with Crippen LogP contribution in [0.25, 0.3) is 0 Å². The Bertz CT molecular complexity index is 994. The molecule has 8 heteroatoms. The molecule has 3 aromatic rings. The van der Waals surface area contributed by atoms with Gasteiger partial charge in [-0.1, -0.05) is 24.3 Å². The summed E-state index contributed by atoms with van der Waals surface area (Å²) in [5.41, 5.74) is 14.7. The van der Waals surface area contributed by atoms with E-state index in [1.54, 1.807) is 18.2 Å². The molecule has 0 saturated heterocycles. The number of hydrogen-bond donors (Lipinski definition) is 3. The van der Waals surface area contributed by atoms with E-state index in [0.29, 0.717) is 33.9 Å². The Labute approximate surface area is 172 Å². The standard InChI is InChI=1S/C20H21BrN6O/c1-3-27(14-8-6-7-13(2)11-14)19-17(22)18(23-12-24-19)25-26-20(28)15-9-4-5-10-16(15)21/h4-12H,3,22H2,1-2H3,(H,26,28)(H,23,24,25). The van der Waals surface area contributed by atoms with Crippen LogP contribution in [0.4, 0.5) is 23.0 Å². The lowest BCUT2D eigenvalue weighted by Crippen LogP contribution is -2.31. The van der Waals surface area contributed by atoms with Crippen LogP contribution in [0.15, 0.2) is 59.3 Å². The topological polar surface area (TPSA) is 96.2 Å². The minimum Gasteiger partial charge on any atom is -0.393 e. The molecule has 0 saturated carbocycles. The first kappa shape index (κ1) is 19.6. The number of nitrogens with zero attached hydrogens (tertiary/aromatic N) is 3. The number of rotatable bonds is 6. The Morgan fingerprint density at radius 2 is 1.96 bits per heavy atom. The van der Waals surface area contributed by atoms with Crippen molar-refractivity contribution >= 4 is 44.8 Å². The minimum absolute atomic E-state index is 0.307. The summed E-state index contributed by atoms with van der Waals surface area (Å²) in [5.74, 6) is 0.593. The average molecular weight is 441 g/mol. The van der Waals surface area contributed by atoms with Crippen molar-refractivity contribution in [2.75, 3.05) is 22.6 Å². The first-order valence-electron chi connectivity index (χ1n) is 8.76.